The molecule has 7 heteroatoms. The summed E-state index contributed by atoms with van der Waals surface area (Å²) in [5, 5.41) is 3.81. The van der Waals surface area contributed by atoms with Gasteiger partial charge in [0.25, 0.3) is 5.91 Å². The Hall–Kier alpha value is -3.45. The average Bonchev–Trinajstić information content (AvgIpc) is 3.44. The maximum atomic E-state index is 12.5. The van der Waals surface area contributed by atoms with Crippen LogP contribution in [-0.4, -0.2) is 15.5 Å². The molecule has 0 aliphatic rings. The molecule has 0 aliphatic carbocycles. The number of nitrogens with one attached hydrogen (secondary N) is 1. The zero-order valence-electron chi connectivity index (χ0n) is 17.2. The minimum absolute atomic E-state index is 0.258. The molecule has 0 radical (unpaired) electrons. The monoisotopic (exact) mass is 433 g/mol. The number of thioether (sulfide) groups is 1. The number of aryl methyl sites for hydroxylation is 1. The van der Waals surface area contributed by atoms with Crippen molar-refractivity contribution >= 4 is 17.7 Å². The van der Waals surface area contributed by atoms with Crippen molar-refractivity contribution in [2.45, 2.75) is 24.1 Å². The number of imidazole rings is 1. The topological polar surface area (TPSA) is 69.3 Å². The number of furan rings is 1. The third-order valence-corrected chi connectivity index (χ3v) is 5.74. The summed E-state index contributed by atoms with van der Waals surface area (Å²) in [6.45, 7) is 0.822. The van der Waals surface area contributed by atoms with Crippen LogP contribution in [0.3, 0.4) is 0 Å². The van der Waals surface area contributed by atoms with Gasteiger partial charge in [-0.25, -0.2) is 4.98 Å². The Morgan fingerprint density at radius 3 is 2.71 bits per heavy atom. The van der Waals surface area contributed by atoms with Crippen LogP contribution in [-0.2, 0) is 26.0 Å². The number of para-hydroxylation sites is 1. The summed E-state index contributed by atoms with van der Waals surface area (Å²) in [6.07, 6.45) is 3.65. The van der Waals surface area contributed by atoms with Crippen molar-refractivity contribution in [3.8, 4) is 5.75 Å². The van der Waals surface area contributed by atoms with E-state index in [0.29, 0.717) is 18.9 Å². The Bertz CT molecular complexity index is 1140. The highest BCUT2D eigenvalue weighted by Gasteiger charge is 2.13. The van der Waals surface area contributed by atoms with Crippen LogP contribution in [0, 0.1) is 0 Å². The molecule has 0 spiro atoms. The number of carbonyl (C=O) groups is 1. The van der Waals surface area contributed by atoms with Gasteiger partial charge < -0.3 is 19.0 Å². The van der Waals surface area contributed by atoms with Crippen LogP contribution in [0.2, 0.25) is 0 Å². The second-order valence-electron chi connectivity index (χ2n) is 6.94. The van der Waals surface area contributed by atoms with E-state index in [1.807, 2.05) is 78.5 Å². The maximum Gasteiger partial charge on any atom is 0.287 e. The fourth-order valence-electron chi connectivity index (χ4n) is 2.99. The molecule has 31 heavy (non-hydrogen) atoms. The largest absolute Gasteiger partial charge is 0.489 e. The summed E-state index contributed by atoms with van der Waals surface area (Å²) < 4.78 is 13.6. The Morgan fingerprint density at radius 1 is 1.10 bits per heavy atom. The van der Waals surface area contributed by atoms with Crippen molar-refractivity contribution in [2.75, 3.05) is 0 Å². The first-order valence-corrected chi connectivity index (χ1v) is 10.9. The van der Waals surface area contributed by atoms with Gasteiger partial charge in [0.05, 0.1) is 5.75 Å². The molecule has 0 saturated carbocycles. The van der Waals surface area contributed by atoms with Crippen molar-refractivity contribution in [1.82, 2.24) is 14.9 Å². The average molecular weight is 434 g/mol. The smallest absolute Gasteiger partial charge is 0.287 e. The number of benzene rings is 2. The first-order valence-electron chi connectivity index (χ1n) is 9.91. The van der Waals surface area contributed by atoms with E-state index in [1.54, 1.807) is 24.0 Å². The number of hydrogen-bond acceptors (Lipinski definition) is 5. The Kier molecular flexibility index (Phi) is 6.74. The van der Waals surface area contributed by atoms with E-state index in [1.165, 1.54) is 0 Å². The van der Waals surface area contributed by atoms with Crippen LogP contribution < -0.4 is 10.1 Å². The number of ether oxygens (including phenoxy) is 1. The lowest BCUT2D eigenvalue weighted by atomic mass is 10.2. The highest BCUT2D eigenvalue weighted by Crippen LogP contribution is 2.22. The van der Waals surface area contributed by atoms with Gasteiger partial charge in [0.1, 0.15) is 18.1 Å². The Balaban J connectivity index is 1.32. The molecule has 4 rings (SSSR count). The highest BCUT2D eigenvalue weighted by atomic mass is 32.2. The van der Waals surface area contributed by atoms with Crippen molar-refractivity contribution in [2.24, 2.45) is 7.05 Å². The lowest BCUT2D eigenvalue weighted by molar-refractivity contribution is 0.0921. The molecule has 0 aliphatic heterocycles. The predicted molar refractivity (Wildman–Crippen MR) is 120 cm³/mol. The fourth-order valence-corrected chi connectivity index (χ4v) is 3.82. The van der Waals surface area contributed by atoms with Gasteiger partial charge in [-0.2, -0.15) is 0 Å². The molecule has 0 unspecified atom stereocenters. The minimum atomic E-state index is -0.258. The number of nitrogens with zero attached hydrogens (tertiary/aromatic N) is 2. The molecule has 0 saturated heterocycles. The zero-order chi connectivity index (χ0) is 21.5. The molecule has 1 N–H and O–H groups in total. The van der Waals surface area contributed by atoms with E-state index in [-0.39, 0.29) is 11.7 Å². The van der Waals surface area contributed by atoms with Crippen LogP contribution in [0.4, 0.5) is 0 Å². The molecule has 158 valence electrons. The molecule has 1 amide bonds. The molecule has 0 atom stereocenters. The lowest BCUT2D eigenvalue weighted by Crippen LogP contribution is -2.22. The summed E-state index contributed by atoms with van der Waals surface area (Å²) in [7, 11) is 1.94. The molecule has 0 bridgehead atoms. The quantitative estimate of drug-likeness (QED) is 0.384. The molecule has 4 aromatic rings. The van der Waals surface area contributed by atoms with Crippen molar-refractivity contribution in [1.29, 1.82) is 0 Å². The molecule has 6 nitrogen and oxygen atoms in total. The standard InChI is InChI=1S/C24H23N3O3S/c1-27-14-13-25-24(27)31-17-20-11-12-22(30-20)23(28)26-15-19-9-5-6-10-21(19)29-16-18-7-3-2-4-8-18/h2-14H,15-17H2,1H3,(H,26,28). The molecule has 2 aromatic heterocycles. The zero-order valence-corrected chi connectivity index (χ0v) is 18.0. The number of rotatable bonds is 9. The molecule has 2 heterocycles. The van der Waals surface area contributed by atoms with E-state index in [2.05, 4.69) is 10.3 Å². The van der Waals surface area contributed by atoms with E-state index in [0.717, 1.165) is 27.8 Å². The van der Waals surface area contributed by atoms with Gasteiger partial charge >= 0.3 is 0 Å². The third kappa shape index (κ3) is 5.58. The summed E-state index contributed by atoms with van der Waals surface area (Å²) in [5.41, 5.74) is 2.00. The Labute approximate surface area is 185 Å². The van der Waals surface area contributed by atoms with Crippen molar-refractivity contribution in [3.05, 3.63) is 102 Å². The molecule has 2 aromatic carbocycles. The predicted octanol–water partition coefficient (Wildman–Crippen LogP) is 4.81. The third-order valence-electron chi connectivity index (χ3n) is 4.66. The summed E-state index contributed by atoms with van der Waals surface area (Å²) >= 11 is 1.56. The SMILES string of the molecule is Cn1ccnc1SCc1ccc(C(=O)NCc2ccccc2OCc2ccccc2)o1. The summed E-state index contributed by atoms with van der Waals surface area (Å²) in [6, 6.07) is 21.2. The van der Waals surface area contributed by atoms with Gasteiger partial charge in [0.15, 0.2) is 10.9 Å². The second-order valence-corrected chi connectivity index (χ2v) is 7.88. The minimum Gasteiger partial charge on any atom is -0.489 e. The van der Waals surface area contributed by atoms with Gasteiger partial charge in [-0.05, 0) is 23.8 Å². The van der Waals surface area contributed by atoms with E-state index >= 15 is 0 Å². The van der Waals surface area contributed by atoms with E-state index < -0.39 is 0 Å². The fraction of sp³-hybridized carbons (Fsp3) is 0.167. The number of hydrogen-bond donors (Lipinski definition) is 1. The Morgan fingerprint density at radius 2 is 1.90 bits per heavy atom. The summed E-state index contributed by atoms with van der Waals surface area (Å²) in [5.74, 6) is 2.11. The van der Waals surface area contributed by atoms with Crippen LogP contribution in [0.15, 0.2) is 88.7 Å². The summed E-state index contributed by atoms with van der Waals surface area (Å²) in [4.78, 5) is 16.8. The van der Waals surface area contributed by atoms with Crippen molar-refractivity contribution in [3.63, 3.8) is 0 Å². The van der Waals surface area contributed by atoms with Gasteiger partial charge in [0.2, 0.25) is 0 Å². The van der Waals surface area contributed by atoms with Gasteiger partial charge in [-0.1, -0.05) is 60.3 Å². The molecular weight excluding hydrogens is 410 g/mol. The number of aromatic nitrogens is 2. The number of amides is 1. The van der Waals surface area contributed by atoms with Gasteiger partial charge in [0, 0.05) is 31.5 Å². The van der Waals surface area contributed by atoms with Crippen LogP contribution in [0.1, 0.15) is 27.4 Å². The molecular formula is C24H23N3O3S. The lowest BCUT2D eigenvalue weighted by Gasteiger charge is -2.12. The number of carbonyl (C=O) groups excluding carboxylic acids is 1. The normalized spacial score (nSPS) is 10.7. The first-order chi connectivity index (χ1) is 15.2. The highest BCUT2D eigenvalue weighted by molar-refractivity contribution is 7.98. The van der Waals surface area contributed by atoms with Crippen LogP contribution in [0.25, 0.3) is 0 Å². The second kappa shape index (κ2) is 10.0. The van der Waals surface area contributed by atoms with E-state index in [4.69, 9.17) is 9.15 Å². The van der Waals surface area contributed by atoms with Crippen molar-refractivity contribution < 1.29 is 13.9 Å². The van der Waals surface area contributed by atoms with Crippen LogP contribution >= 0.6 is 11.8 Å². The first kappa shape index (κ1) is 20.8. The van der Waals surface area contributed by atoms with Gasteiger partial charge in [-0.3, -0.25) is 4.79 Å². The van der Waals surface area contributed by atoms with Gasteiger partial charge in [-0.15, -0.1) is 0 Å². The maximum absolute atomic E-state index is 12.5. The van der Waals surface area contributed by atoms with Crippen LogP contribution in [0.5, 0.6) is 5.75 Å². The molecule has 0 fully saturated rings. The van der Waals surface area contributed by atoms with E-state index in [9.17, 15) is 4.79 Å².